The summed E-state index contributed by atoms with van der Waals surface area (Å²) in [5.74, 6) is -0.0398. The topological polar surface area (TPSA) is 12.0 Å². The van der Waals surface area contributed by atoms with Gasteiger partial charge in [0.2, 0.25) is 0 Å². The van der Waals surface area contributed by atoms with Crippen molar-refractivity contribution in [2.24, 2.45) is 5.92 Å². The first-order valence-electron chi connectivity index (χ1n) is 7.94. The molecule has 1 nitrogen and oxygen atoms in total. The molecule has 25 heavy (non-hydrogen) atoms. The van der Waals surface area contributed by atoms with Crippen LogP contribution >= 0.6 is 23.2 Å². The Labute approximate surface area is 153 Å². The summed E-state index contributed by atoms with van der Waals surface area (Å²) < 4.78 is 40.5. The zero-order chi connectivity index (χ0) is 17.8. The molecule has 2 aliphatic rings. The minimum Gasteiger partial charge on any atom is -0.378 e. The van der Waals surface area contributed by atoms with Crippen LogP contribution in [0.25, 0.3) is 0 Å². The van der Waals surface area contributed by atoms with Gasteiger partial charge in [0, 0.05) is 27.2 Å². The number of anilines is 1. The highest BCUT2D eigenvalue weighted by molar-refractivity contribution is 6.35. The second-order valence-corrected chi connectivity index (χ2v) is 7.25. The van der Waals surface area contributed by atoms with Crippen LogP contribution in [0.5, 0.6) is 0 Å². The summed E-state index contributed by atoms with van der Waals surface area (Å²) in [6.45, 7) is 0. The maximum absolute atomic E-state index is 13.5. The van der Waals surface area contributed by atoms with E-state index in [1.807, 2.05) is 12.2 Å². The van der Waals surface area contributed by atoms with Crippen molar-refractivity contribution >= 4 is 28.9 Å². The third-order valence-corrected chi connectivity index (χ3v) is 5.51. The lowest BCUT2D eigenvalue weighted by molar-refractivity contribution is -0.138. The Hall–Kier alpha value is -1.65. The maximum Gasteiger partial charge on any atom is 0.416 e. The summed E-state index contributed by atoms with van der Waals surface area (Å²) in [5, 5.41) is 4.27. The van der Waals surface area contributed by atoms with Gasteiger partial charge >= 0.3 is 6.18 Å². The molecule has 0 saturated heterocycles. The maximum atomic E-state index is 13.5. The molecule has 0 spiro atoms. The minimum atomic E-state index is -4.40. The van der Waals surface area contributed by atoms with Gasteiger partial charge in [-0.15, -0.1) is 0 Å². The van der Waals surface area contributed by atoms with E-state index in [1.54, 1.807) is 24.3 Å². The van der Waals surface area contributed by atoms with Gasteiger partial charge in [0.05, 0.1) is 11.6 Å². The van der Waals surface area contributed by atoms with Crippen LogP contribution in [0.15, 0.2) is 48.6 Å². The van der Waals surface area contributed by atoms with Gasteiger partial charge in [0.25, 0.3) is 0 Å². The predicted molar refractivity (Wildman–Crippen MR) is 94.3 cm³/mol. The molecule has 0 aromatic heterocycles. The minimum absolute atomic E-state index is 0.0188. The molecule has 1 N–H and O–H groups in total. The summed E-state index contributed by atoms with van der Waals surface area (Å²) in [5.41, 5.74) is 1.27. The molecule has 4 rings (SSSR count). The number of fused-ring (bicyclic) bond motifs is 3. The first-order valence-corrected chi connectivity index (χ1v) is 8.70. The molecule has 0 radical (unpaired) electrons. The molecule has 0 fully saturated rings. The zero-order valence-electron chi connectivity index (χ0n) is 12.9. The molecule has 0 saturated carbocycles. The van der Waals surface area contributed by atoms with Crippen LogP contribution in [0, 0.1) is 5.92 Å². The second kappa shape index (κ2) is 5.96. The standard InChI is InChI=1S/C19H14Cl2F3N/c20-10-8-15(21)17-11-5-3-6-12(11)18(25-16(17)9-10)13-4-1-2-7-14(13)19(22,23)24/h1-5,7-9,11-12,18,25H,6H2/t11-,12+,18-/m0/s1. The van der Waals surface area contributed by atoms with Crippen molar-refractivity contribution < 1.29 is 13.2 Å². The third-order valence-electron chi connectivity index (χ3n) is 4.98. The zero-order valence-corrected chi connectivity index (χ0v) is 14.5. The van der Waals surface area contributed by atoms with Crippen LogP contribution in [-0.4, -0.2) is 0 Å². The van der Waals surface area contributed by atoms with Gasteiger partial charge in [0.1, 0.15) is 0 Å². The van der Waals surface area contributed by atoms with Crippen molar-refractivity contribution in [3.63, 3.8) is 0 Å². The van der Waals surface area contributed by atoms with Gasteiger partial charge in [-0.3, -0.25) is 0 Å². The summed E-state index contributed by atoms with van der Waals surface area (Å²) in [6, 6.07) is 8.69. The fourth-order valence-corrected chi connectivity index (χ4v) is 4.60. The number of alkyl halides is 3. The van der Waals surface area contributed by atoms with E-state index in [2.05, 4.69) is 5.32 Å². The van der Waals surface area contributed by atoms with Crippen LogP contribution in [0.1, 0.15) is 35.1 Å². The van der Waals surface area contributed by atoms with E-state index in [0.29, 0.717) is 22.2 Å². The number of hydrogen-bond acceptors (Lipinski definition) is 1. The quantitative estimate of drug-likeness (QED) is 0.531. The van der Waals surface area contributed by atoms with Gasteiger partial charge in [-0.05, 0) is 36.1 Å². The predicted octanol–water partition coefficient (Wildman–Crippen LogP) is 6.84. The molecule has 2 aromatic rings. The summed E-state index contributed by atoms with van der Waals surface area (Å²) in [7, 11) is 0. The average Bonchev–Trinajstić information content (AvgIpc) is 3.02. The van der Waals surface area contributed by atoms with Crippen LogP contribution in [-0.2, 0) is 6.18 Å². The van der Waals surface area contributed by atoms with Crippen LogP contribution < -0.4 is 5.32 Å². The van der Waals surface area contributed by atoms with Gasteiger partial charge < -0.3 is 5.32 Å². The average molecular weight is 384 g/mol. The number of benzene rings is 2. The van der Waals surface area contributed by atoms with E-state index in [0.717, 1.165) is 11.6 Å². The Morgan fingerprint density at radius 3 is 2.60 bits per heavy atom. The highest BCUT2D eigenvalue weighted by Crippen LogP contribution is 2.53. The van der Waals surface area contributed by atoms with E-state index >= 15 is 0 Å². The van der Waals surface area contributed by atoms with Crippen molar-refractivity contribution in [1.29, 1.82) is 0 Å². The van der Waals surface area contributed by atoms with E-state index < -0.39 is 17.8 Å². The van der Waals surface area contributed by atoms with E-state index in [1.165, 1.54) is 6.07 Å². The van der Waals surface area contributed by atoms with Gasteiger partial charge in [-0.2, -0.15) is 13.2 Å². The SMILES string of the molecule is FC(F)(F)c1ccccc1[C@H]1Nc2cc(Cl)cc(Cl)c2[C@H]2C=CC[C@H]21. The van der Waals surface area contributed by atoms with Crippen molar-refractivity contribution in [2.45, 2.75) is 24.6 Å². The van der Waals surface area contributed by atoms with Crippen molar-refractivity contribution in [3.05, 3.63) is 75.3 Å². The molecule has 0 bridgehead atoms. The van der Waals surface area contributed by atoms with Gasteiger partial charge in [-0.25, -0.2) is 0 Å². The third kappa shape index (κ3) is 2.81. The Bertz CT molecular complexity index is 860. The number of halogens is 5. The second-order valence-electron chi connectivity index (χ2n) is 6.41. The Morgan fingerprint density at radius 2 is 1.84 bits per heavy atom. The summed E-state index contributed by atoms with van der Waals surface area (Å²) in [6.07, 6.45) is 0.354. The number of allylic oxidation sites excluding steroid dienone is 2. The number of hydrogen-bond donors (Lipinski definition) is 1. The lowest BCUT2D eigenvalue weighted by atomic mass is 9.76. The molecule has 2 aromatic carbocycles. The van der Waals surface area contributed by atoms with Crippen molar-refractivity contribution in [1.82, 2.24) is 0 Å². The first-order chi connectivity index (χ1) is 11.9. The van der Waals surface area contributed by atoms with E-state index in [4.69, 9.17) is 23.2 Å². The van der Waals surface area contributed by atoms with Crippen LogP contribution in [0.2, 0.25) is 10.0 Å². The Kier molecular flexibility index (Phi) is 4.00. The Balaban J connectivity index is 1.86. The normalized spacial score (nSPS) is 24.6. The summed E-state index contributed by atoms with van der Waals surface area (Å²) in [4.78, 5) is 0. The van der Waals surface area contributed by atoms with Crippen molar-refractivity contribution in [2.75, 3.05) is 5.32 Å². The summed E-state index contributed by atoms with van der Waals surface area (Å²) >= 11 is 12.5. The highest BCUT2D eigenvalue weighted by atomic mass is 35.5. The number of nitrogens with one attached hydrogen (secondary N) is 1. The lowest BCUT2D eigenvalue weighted by Gasteiger charge is -2.39. The molecule has 1 heterocycles. The molecular formula is C19H14Cl2F3N. The van der Waals surface area contributed by atoms with Gasteiger partial charge in [-0.1, -0.05) is 53.6 Å². The fourth-order valence-electron chi connectivity index (χ4n) is 3.98. The van der Waals surface area contributed by atoms with Crippen LogP contribution in [0.3, 0.4) is 0 Å². The molecule has 0 amide bonds. The Morgan fingerprint density at radius 1 is 1.08 bits per heavy atom. The fraction of sp³-hybridized carbons (Fsp3) is 0.263. The molecule has 1 aliphatic carbocycles. The monoisotopic (exact) mass is 383 g/mol. The highest BCUT2D eigenvalue weighted by Gasteiger charge is 2.43. The van der Waals surface area contributed by atoms with E-state index in [-0.39, 0.29) is 17.4 Å². The van der Waals surface area contributed by atoms with E-state index in [9.17, 15) is 13.2 Å². The molecule has 3 atom stereocenters. The lowest BCUT2D eigenvalue weighted by Crippen LogP contribution is -2.31. The van der Waals surface area contributed by atoms with Crippen molar-refractivity contribution in [3.8, 4) is 0 Å². The van der Waals surface area contributed by atoms with Crippen LogP contribution in [0.4, 0.5) is 18.9 Å². The largest absolute Gasteiger partial charge is 0.416 e. The molecule has 6 heteroatoms. The molecule has 130 valence electrons. The smallest absolute Gasteiger partial charge is 0.378 e. The van der Waals surface area contributed by atoms with Gasteiger partial charge in [0.15, 0.2) is 0 Å². The number of rotatable bonds is 1. The molecule has 1 aliphatic heterocycles. The molecular weight excluding hydrogens is 370 g/mol. The first kappa shape index (κ1) is 16.8. The molecule has 0 unspecified atom stereocenters.